The van der Waals surface area contributed by atoms with Gasteiger partial charge in [0.25, 0.3) is 0 Å². The van der Waals surface area contributed by atoms with E-state index in [1.165, 1.54) is 12.8 Å². The van der Waals surface area contributed by atoms with Crippen LogP contribution in [-0.4, -0.2) is 17.2 Å². The second kappa shape index (κ2) is 7.78. The summed E-state index contributed by atoms with van der Waals surface area (Å²) in [5, 5.41) is 2.60. The summed E-state index contributed by atoms with van der Waals surface area (Å²) in [6, 6.07) is 3.53. The predicted molar refractivity (Wildman–Crippen MR) is 81.3 cm³/mol. The lowest BCUT2D eigenvalue weighted by Gasteiger charge is -2.19. The lowest BCUT2D eigenvalue weighted by Crippen LogP contribution is -2.39. The van der Waals surface area contributed by atoms with Gasteiger partial charge in [-0.2, -0.15) is 0 Å². The Morgan fingerprint density at radius 2 is 1.90 bits per heavy atom. The van der Waals surface area contributed by atoms with Gasteiger partial charge in [0.1, 0.15) is 11.6 Å². The number of carbonyl (C=O) groups is 1. The van der Waals surface area contributed by atoms with E-state index < -0.39 is 16.9 Å². The van der Waals surface area contributed by atoms with Gasteiger partial charge in [-0.25, -0.2) is 8.78 Å². The van der Waals surface area contributed by atoms with Gasteiger partial charge in [0.05, 0.1) is 5.25 Å². The summed E-state index contributed by atoms with van der Waals surface area (Å²) in [5.41, 5.74) is 0. The van der Waals surface area contributed by atoms with Crippen molar-refractivity contribution in [1.29, 1.82) is 0 Å². The monoisotopic (exact) mass is 313 g/mol. The molecule has 0 saturated heterocycles. The summed E-state index contributed by atoms with van der Waals surface area (Å²) in [7, 11) is 0. The Morgan fingerprint density at radius 1 is 1.24 bits per heavy atom. The van der Waals surface area contributed by atoms with Crippen molar-refractivity contribution in [2.75, 3.05) is 0 Å². The summed E-state index contributed by atoms with van der Waals surface area (Å²) in [4.78, 5) is 12.4. The minimum absolute atomic E-state index is 0.101. The first-order valence-corrected chi connectivity index (χ1v) is 8.36. The Hall–Kier alpha value is -1.10. The minimum atomic E-state index is -0.490. The van der Waals surface area contributed by atoms with Crippen molar-refractivity contribution < 1.29 is 13.6 Å². The molecule has 1 aliphatic rings. The van der Waals surface area contributed by atoms with Crippen LogP contribution in [0.25, 0.3) is 0 Å². The van der Waals surface area contributed by atoms with E-state index in [2.05, 4.69) is 5.32 Å². The number of hydrogen-bond acceptors (Lipinski definition) is 2. The lowest BCUT2D eigenvalue weighted by atomic mass is 10.1. The predicted octanol–water partition coefficient (Wildman–Crippen LogP) is 4.28. The summed E-state index contributed by atoms with van der Waals surface area (Å²) in [6.45, 7) is 1.72. The van der Waals surface area contributed by atoms with Crippen molar-refractivity contribution in [2.24, 2.45) is 0 Å². The van der Waals surface area contributed by atoms with Gasteiger partial charge < -0.3 is 5.32 Å². The van der Waals surface area contributed by atoms with Crippen LogP contribution in [0, 0.1) is 11.6 Å². The number of nitrogens with one attached hydrogen (secondary N) is 1. The van der Waals surface area contributed by atoms with Crippen LogP contribution in [0.2, 0.25) is 0 Å². The molecule has 1 aliphatic carbocycles. The largest absolute Gasteiger partial charge is 0.352 e. The maximum atomic E-state index is 13.6. The molecule has 2 nitrogen and oxygen atoms in total. The van der Waals surface area contributed by atoms with E-state index in [0.29, 0.717) is 0 Å². The molecule has 116 valence electrons. The highest BCUT2D eigenvalue weighted by atomic mass is 32.2. The SMILES string of the molecule is CC(Sc1cc(F)ccc1F)C(=O)NC1CCCCCC1. The van der Waals surface area contributed by atoms with E-state index in [9.17, 15) is 13.6 Å². The second-order valence-electron chi connectivity index (χ2n) is 5.53. The zero-order valence-electron chi connectivity index (χ0n) is 12.2. The number of carbonyl (C=O) groups excluding carboxylic acids is 1. The Balaban J connectivity index is 1.91. The van der Waals surface area contributed by atoms with Crippen molar-refractivity contribution in [3.05, 3.63) is 29.8 Å². The summed E-state index contributed by atoms with van der Waals surface area (Å²) in [5.74, 6) is -1.08. The molecule has 1 unspecified atom stereocenters. The molecule has 0 spiro atoms. The molecule has 1 atom stereocenters. The van der Waals surface area contributed by atoms with Gasteiger partial charge in [0, 0.05) is 10.9 Å². The maximum Gasteiger partial charge on any atom is 0.233 e. The molecule has 1 aromatic rings. The van der Waals surface area contributed by atoms with Crippen LogP contribution in [0.1, 0.15) is 45.4 Å². The first-order valence-electron chi connectivity index (χ1n) is 7.48. The average molecular weight is 313 g/mol. The molecule has 1 aromatic carbocycles. The molecule has 0 aliphatic heterocycles. The van der Waals surface area contributed by atoms with Crippen molar-refractivity contribution in [2.45, 2.75) is 61.6 Å². The molecule has 0 heterocycles. The number of thioether (sulfide) groups is 1. The van der Waals surface area contributed by atoms with Crippen molar-refractivity contribution >= 4 is 17.7 Å². The van der Waals surface area contributed by atoms with Crippen LogP contribution in [0.15, 0.2) is 23.1 Å². The molecule has 1 N–H and O–H groups in total. The van der Waals surface area contributed by atoms with Gasteiger partial charge in [-0.1, -0.05) is 25.7 Å². The minimum Gasteiger partial charge on any atom is -0.352 e. The van der Waals surface area contributed by atoms with Crippen LogP contribution in [0.5, 0.6) is 0 Å². The van der Waals surface area contributed by atoms with E-state index in [1.807, 2.05) is 0 Å². The van der Waals surface area contributed by atoms with Gasteiger partial charge >= 0.3 is 0 Å². The molecule has 1 amide bonds. The first kappa shape index (κ1) is 16.3. The fraction of sp³-hybridized carbons (Fsp3) is 0.562. The summed E-state index contributed by atoms with van der Waals surface area (Å²) in [6.07, 6.45) is 6.77. The molecule has 0 radical (unpaired) electrons. The van der Waals surface area contributed by atoms with Gasteiger partial charge in [-0.3, -0.25) is 4.79 Å². The lowest BCUT2D eigenvalue weighted by molar-refractivity contribution is -0.121. The molecule has 5 heteroatoms. The molecule has 0 bridgehead atoms. The molecular weight excluding hydrogens is 292 g/mol. The van der Waals surface area contributed by atoms with Crippen LogP contribution < -0.4 is 5.32 Å². The Kier molecular flexibility index (Phi) is 6.03. The molecule has 21 heavy (non-hydrogen) atoms. The number of amides is 1. The van der Waals surface area contributed by atoms with E-state index in [1.54, 1.807) is 6.92 Å². The quantitative estimate of drug-likeness (QED) is 0.664. The van der Waals surface area contributed by atoms with Gasteiger partial charge in [0.2, 0.25) is 5.91 Å². The third-order valence-corrected chi connectivity index (χ3v) is 4.90. The van der Waals surface area contributed by atoms with Crippen LogP contribution >= 0.6 is 11.8 Å². The van der Waals surface area contributed by atoms with Gasteiger partial charge in [-0.05, 0) is 38.0 Å². The summed E-state index contributed by atoms with van der Waals surface area (Å²) >= 11 is 1.06. The van der Waals surface area contributed by atoms with Crippen molar-refractivity contribution in [1.82, 2.24) is 5.32 Å². The van der Waals surface area contributed by atoms with Crippen LogP contribution in [-0.2, 0) is 4.79 Å². The summed E-state index contributed by atoms with van der Waals surface area (Å²) < 4.78 is 26.7. The van der Waals surface area contributed by atoms with E-state index in [4.69, 9.17) is 0 Å². The molecule has 1 fully saturated rings. The maximum absolute atomic E-state index is 13.6. The molecule has 1 saturated carbocycles. The van der Waals surface area contributed by atoms with Crippen LogP contribution in [0.3, 0.4) is 0 Å². The topological polar surface area (TPSA) is 29.1 Å². The highest BCUT2D eigenvalue weighted by Gasteiger charge is 2.20. The normalized spacial score (nSPS) is 18.0. The van der Waals surface area contributed by atoms with Gasteiger partial charge in [0.15, 0.2) is 0 Å². The Bertz CT molecular complexity index is 487. The molecular formula is C16H21F2NOS. The average Bonchev–Trinajstić information content (AvgIpc) is 2.71. The standard InChI is InChI=1S/C16H21F2NOS/c1-11(21-15-10-12(17)8-9-14(15)18)16(20)19-13-6-4-2-3-5-7-13/h8-11,13H,2-7H2,1H3,(H,19,20). The number of benzene rings is 1. The zero-order chi connectivity index (χ0) is 15.2. The third kappa shape index (κ3) is 4.99. The molecule has 0 aromatic heterocycles. The van der Waals surface area contributed by atoms with E-state index in [-0.39, 0.29) is 16.8 Å². The van der Waals surface area contributed by atoms with E-state index >= 15 is 0 Å². The van der Waals surface area contributed by atoms with Gasteiger partial charge in [-0.15, -0.1) is 11.8 Å². The fourth-order valence-corrected chi connectivity index (χ4v) is 3.47. The smallest absolute Gasteiger partial charge is 0.233 e. The van der Waals surface area contributed by atoms with Crippen LogP contribution in [0.4, 0.5) is 8.78 Å². The van der Waals surface area contributed by atoms with E-state index in [0.717, 1.165) is 55.6 Å². The number of halogens is 2. The highest BCUT2D eigenvalue weighted by molar-refractivity contribution is 8.00. The zero-order valence-corrected chi connectivity index (χ0v) is 13.0. The van der Waals surface area contributed by atoms with Crippen molar-refractivity contribution in [3.8, 4) is 0 Å². The number of hydrogen-bond donors (Lipinski definition) is 1. The second-order valence-corrected chi connectivity index (χ2v) is 6.91. The Morgan fingerprint density at radius 3 is 2.57 bits per heavy atom. The molecule has 2 rings (SSSR count). The third-order valence-electron chi connectivity index (χ3n) is 3.77. The number of rotatable bonds is 4. The fourth-order valence-electron chi connectivity index (χ4n) is 2.55. The Labute approximate surface area is 128 Å². The first-order chi connectivity index (χ1) is 10.1. The van der Waals surface area contributed by atoms with Crippen molar-refractivity contribution in [3.63, 3.8) is 0 Å². The highest BCUT2D eigenvalue weighted by Crippen LogP contribution is 2.27.